The van der Waals surface area contributed by atoms with Crippen molar-refractivity contribution in [2.45, 2.75) is 71.4 Å². The van der Waals surface area contributed by atoms with Crippen molar-refractivity contribution in [2.24, 2.45) is 34.5 Å². The molecular weight excluding hydrogens is 444 g/mol. The Morgan fingerprint density at radius 3 is 2.61 bits per heavy atom. The van der Waals surface area contributed by atoms with Gasteiger partial charge in [-0.1, -0.05) is 62.4 Å². The standard InChI is InChI=1S/C32H40N2O2/c1-20(22-11-7-9-21-8-5-6-10-23(21)22)33-30(36)27-14-13-25-24-12-15-28-32(3,19-17-29(35)34(28)4)26(24)16-18-31(25,27)2/h5-11,17,19-20,24-28H,12-16,18H2,1-4H3,(H,33,36)/t20?,24-,25-,26+,27?,28?,31-,32+/m0/s1. The van der Waals surface area contributed by atoms with Crippen LogP contribution in [0.5, 0.6) is 0 Å². The van der Waals surface area contributed by atoms with Crippen molar-refractivity contribution in [1.82, 2.24) is 10.2 Å². The van der Waals surface area contributed by atoms with E-state index in [-0.39, 0.29) is 34.6 Å². The highest BCUT2D eigenvalue weighted by Gasteiger charge is 2.61. The van der Waals surface area contributed by atoms with Crippen LogP contribution in [0.3, 0.4) is 0 Å². The summed E-state index contributed by atoms with van der Waals surface area (Å²) in [5.74, 6) is 2.30. The van der Waals surface area contributed by atoms with Crippen LogP contribution in [-0.2, 0) is 9.59 Å². The van der Waals surface area contributed by atoms with E-state index in [1.165, 1.54) is 22.8 Å². The van der Waals surface area contributed by atoms with Gasteiger partial charge in [0.05, 0.1) is 6.04 Å². The first-order valence-electron chi connectivity index (χ1n) is 14.0. The van der Waals surface area contributed by atoms with Crippen LogP contribution in [-0.4, -0.2) is 29.8 Å². The van der Waals surface area contributed by atoms with Crippen LogP contribution in [0.15, 0.2) is 54.6 Å². The number of likely N-dealkylation sites (N-methyl/N-ethyl adjacent to an activating group) is 1. The number of carbonyl (C=O) groups is 2. The van der Waals surface area contributed by atoms with Gasteiger partial charge in [0.1, 0.15) is 0 Å². The zero-order chi connectivity index (χ0) is 25.2. The van der Waals surface area contributed by atoms with Crippen molar-refractivity contribution in [2.75, 3.05) is 7.05 Å². The number of nitrogens with zero attached hydrogens (tertiary/aromatic N) is 1. The van der Waals surface area contributed by atoms with Crippen LogP contribution in [0.25, 0.3) is 10.8 Å². The number of benzene rings is 2. The molecule has 2 amide bonds. The Labute approximate surface area is 215 Å². The highest BCUT2D eigenvalue weighted by Crippen LogP contribution is 2.65. The third kappa shape index (κ3) is 3.39. The first-order chi connectivity index (χ1) is 17.2. The van der Waals surface area contributed by atoms with Gasteiger partial charge in [0.2, 0.25) is 11.8 Å². The fraction of sp³-hybridized carbons (Fsp3) is 0.562. The van der Waals surface area contributed by atoms with Crippen molar-refractivity contribution in [3.8, 4) is 0 Å². The third-order valence-corrected chi connectivity index (χ3v) is 11.1. The first-order valence-corrected chi connectivity index (χ1v) is 14.0. The smallest absolute Gasteiger partial charge is 0.246 e. The van der Waals surface area contributed by atoms with Crippen molar-refractivity contribution in [3.63, 3.8) is 0 Å². The number of rotatable bonds is 3. The molecule has 1 N–H and O–H groups in total. The molecule has 0 spiro atoms. The van der Waals surface area contributed by atoms with Gasteiger partial charge in [-0.3, -0.25) is 9.59 Å². The van der Waals surface area contributed by atoms with E-state index in [1.807, 2.05) is 18.0 Å². The quantitative estimate of drug-likeness (QED) is 0.558. The van der Waals surface area contributed by atoms with Gasteiger partial charge < -0.3 is 10.2 Å². The molecule has 0 radical (unpaired) electrons. The lowest BCUT2D eigenvalue weighted by Crippen LogP contribution is -2.59. The second kappa shape index (κ2) is 8.46. The lowest BCUT2D eigenvalue weighted by Gasteiger charge is -2.60. The van der Waals surface area contributed by atoms with Gasteiger partial charge in [-0.2, -0.15) is 0 Å². The molecule has 8 atom stereocenters. The van der Waals surface area contributed by atoms with Crippen LogP contribution in [0, 0.1) is 34.5 Å². The molecule has 3 fully saturated rings. The van der Waals surface area contributed by atoms with Gasteiger partial charge in [0.15, 0.2) is 0 Å². The van der Waals surface area contributed by atoms with Gasteiger partial charge in [-0.05, 0) is 91.0 Å². The summed E-state index contributed by atoms with van der Waals surface area (Å²) < 4.78 is 0. The van der Waals surface area contributed by atoms with Gasteiger partial charge in [-0.15, -0.1) is 0 Å². The molecule has 0 bridgehead atoms. The fourth-order valence-electron chi connectivity index (χ4n) is 9.19. The number of nitrogens with one attached hydrogen (secondary N) is 1. The summed E-state index contributed by atoms with van der Waals surface area (Å²) in [7, 11) is 1.98. The van der Waals surface area contributed by atoms with Crippen LogP contribution in [0.4, 0.5) is 0 Å². The van der Waals surface area contributed by atoms with E-state index < -0.39 is 0 Å². The van der Waals surface area contributed by atoms with Crippen LogP contribution in [0.2, 0.25) is 0 Å². The van der Waals surface area contributed by atoms with Crippen molar-refractivity contribution >= 4 is 22.6 Å². The van der Waals surface area contributed by atoms with E-state index in [1.54, 1.807) is 0 Å². The number of fused-ring (bicyclic) bond motifs is 6. The van der Waals surface area contributed by atoms with Crippen molar-refractivity contribution < 1.29 is 9.59 Å². The van der Waals surface area contributed by atoms with Gasteiger partial charge in [0, 0.05) is 24.4 Å². The maximum absolute atomic E-state index is 13.8. The lowest BCUT2D eigenvalue weighted by atomic mass is 9.47. The fourth-order valence-corrected chi connectivity index (χ4v) is 9.19. The van der Waals surface area contributed by atoms with Crippen LogP contribution in [0.1, 0.15) is 70.9 Å². The molecule has 0 saturated heterocycles. The summed E-state index contributed by atoms with van der Waals surface area (Å²) in [6.45, 7) is 6.93. The minimum absolute atomic E-state index is 0.0163. The molecule has 3 aliphatic carbocycles. The lowest BCUT2D eigenvalue weighted by molar-refractivity contribution is -0.142. The van der Waals surface area contributed by atoms with Crippen LogP contribution >= 0.6 is 0 Å². The van der Waals surface area contributed by atoms with E-state index in [9.17, 15) is 9.59 Å². The largest absolute Gasteiger partial charge is 0.349 e. The molecule has 4 heteroatoms. The summed E-state index contributed by atoms with van der Waals surface area (Å²) in [6.07, 6.45) is 10.7. The number of carbonyl (C=O) groups excluding carboxylic acids is 2. The maximum atomic E-state index is 13.8. The van der Waals surface area contributed by atoms with Crippen molar-refractivity contribution in [1.29, 1.82) is 0 Å². The summed E-state index contributed by atoms with van der Waals surface area (Å²) in [6, 6.07) is 15.1. The zero-order valence-corrected chi connectivity index (χ0v) is 22.2. The molecule has 1 heterocycles. The second-order valence-electron chi connectivity index (χ2n) is 12.6. The molecule has 1 aliphatic heterocycles. The highest BCUT2D eigenvalue weighted by molar-refractivity contribution is 5.89. The monoisotopic (exact) mass is 484 g/mol. The molecule has 2 aromatic carbocycles. The predicted octanol–water partition coefficient (Wildman–Crippen LogP) is 6.27. The molecule has 4 nitrogen and oxygen atoms in total. The minimum Gasteiger partial charge on any atom is -0.349 e. The molecule has 3 saturated carbocycles. The molecular formula is C32H40N2O2. The molecule has 3 unspecified atom stereocenters. The van der Waals surface area contributed by atoms with E-state index in [0.29, 0.717) is 23.8 Å². The summed E-state index contributed by atoms with van der Waals surface area (Å²) >= 11 is 0. The summed E-state index contributed by atoms with van der Waals surface area (Å²) in [5.41, 5.74) is 1.31. The van der Waals surface area contributed by atoms with Gasteiger partial charge in [-0.25, -0.2) is 0 Å². The van der Waals surface area contributed by atoms with Crippen LogP contribution < -0.4 is 5.32 Å². The molecule has 0 aromatic heterocycles. The average molecular weight is 485 g/mol. The molecule has 2 aromatic rings. The Morgan fingerprint density at radius 2 is 1.78 bits per heavy atom. The summed E-state index contributed by atoms with van der Waals surface area (Å²) in [4.78, 5) is 28.1. The Bertz CT molecular complexity index is 1230. The van der Waals surface area contributed by atoms with E-state index in [4.69, 9.17) is 0 Å². The topological polar surface area (TPSA) is 49.4 Å². The number of hydrogen-bond acceptors (Lipinski definition) is 2. The molecule has 36 heavy (non-hydrogen) atoms. The Morgan fingerprint density at radius 1 is 1.00 bits per heavy atom. The summed E-state index contributed by atoms with van der Waals surface area (Å²) in [5, 5.41) is 5.87. The first kappa shape index (κ1) is 23.8. The maximum Gasteiger partial charge on any atom is 0.246 e. The Kier molecular flexibility index (Phi) is 5.59. The molecule has 190 valence electrons. The zero-order valence-electron chi connectivity index (χ0n) is 22.2. The third-order valence-electron chi connectivity index (χ3n) is 11.1. The number of hydrogen-bond donors (Lipinski definition) is 1. The minimum atomic E-state index is -0.0163. The Hall–Kier alpha value is -2.62. The molecule has 4 aliphatic rings. The second-order valence-corrected chi connectivity index (χ2v) is 12.6. The predicted molar refractivity (Wildman–Crippen MR) is 144 cm³/mol. The van der Waals surface area contributed by atoms with Gasteiger partial charge >= 0.3 is 0 Å². The highest BCUT2D eigenvalue weighted by atomic mass is 16.2. The normalized spacial score (nSPS) is 38.3. The molecule has 6 rings (SSSR count). The van der Waals surface area contributed by atoms with E-state index in [0.717, 1.165) is 32.1 Å². The van der Waals surface area contributed by atoms with E-state index >= 15 is 0 Å². The number of amides is 2. The van der Waals surface area contributed by atoms with Crippen molar-refractivity contribution in [3.05, 3.63) is 60.2 Å². The van der Waals surface area contributed by atoms with Gasteiger partial charge in [0.25, 0.3) is 0 Å². The average Bonchev–Trinajstić information content (AvgIpc) is 3.23. The SMILES string of the molecule is CC(NC(=O)C1CC[C@H]2[C@@H]3CCC4N(C)C(=O)C=C[C@]4(C)[C@@H]3CC[C@]12C)c1cccc2ccccc12. The van der Waals surface area contributed by atoms with E-state index in [2.05, 4.69) is 74.6 Å². The Balaban J connectivity index is 1.22.